The van der Waals surface area contributed by atoms with Crippen LogP contribution in [0.4, 0.5) is 0 Å². The lowest BCUT2D eigenvalue weighted by Gasteiger charge is -2.09. The average molecular weight is 299 g/mol. The van der Waals surface area contributed by atoms with Crippen LogP contribution in [0.1, 0.15) is 34.1 Å². The third-order valence-electron chi connectivity index (χ3n) is 3.22. The van der Waals surface area contributed by atoms with E-state index in [0.29, 0.717) is 17.8 Å². The normalized spacial score (nSPS) is 10.1. The van der Waals surface area contributed by atoms with Crippen LogP contribution in [0.5, 0.6) is 0 Å². The van der Waals surface area contributed by atoms with Crippen LogP contribution < -0.4 is 11.1 Å². The zero-order valence-corrected chi connectivity index (χ0v) is 12.6. The second kappa shape index (κ2) is 6.95. The third-order valence-corrected chi connectivity index (χ3v) is 3.46. The molecule has 21 heavy (non-hydrogen) atoms. The largest absolute Gasteiger partial charge is 0.389 e. The van der Waals surface area contributed by atoms with E-state index in [1.807, 2.05) is 18.2 Å². The van der Waals surface area contributed by atoms with Crippen molar-refractivity contribution in [3.05, 3.63) is 65.0 Å². The van der Waals surface area contributed by atoms with Crippen molar-refractivity contribution in [3.63, 3.8) is 0 Å². The maximum Gasteiger partial charge on any atom is 0.270 e. The Bertz CT molecular complexity index is 653. The van der Waals surface area contributed by atoms with Gasteiger partial charge in [0.15, 0.2) is 0 Å². The number of thiocarbonyl (C=S) groups is 1. The van der Waals surface area contributed by atoms with E-state index in [-0.39, 0.29) is 10.9 Å². The van der Waals surface area contributed by atoms with Gasteiger partial charge < -0.3 is 11.1 Å². The number of hydrogen-bond donors (Lipinski definition) is 2. The molecule has 0 bridgehead atoms. The molecule has 0 unspecified atom stereocenters. The highest BCUT2D eigenvalue weighted by atomic mass is 32.1. The van der Waals surface area contributed by atoms with Crippen molar-refractivity contribution in [1.29, 1.82) is 0 Å². The summed E-state index contributed by atoms with van der Waals surface area (Å²) in [6, 6.07) is 11.4. The number of benzene rings is 1. The Balaban J connectivity index is 2.03. The fourth-order valence-electron chi connectivity index (χ4n) is 2.01. The Morgan fingerprint density at radius 2 is 1.95 bits per heavy atom. The van der Waals surface area contributed by atoms with Gasteiger partial charge in [-0.05, 0) is 29.7 Å². The number of nitrogens with zero attached hydrogens (tertiary/aromatic N) is 1. The van der Waals surface area contributed by atoms with Gasteiger partial charge in [-0.15, -0.1) is 0 Å². The maximum absolute atomic E-state index is 12.1. The minimum absolute atomic E-state index is 0.213. The van der Waals surface area contributed by atoms with Crippen molar-refractivity contribution in [2.24, 2.45) is 5.73 Å². The summed E-state index contributed by atoms with van der Waals surface area (Å²) in [5, 5.41) is 2.87. The molecule has 0 saturated carbocycles. The fraction of sp³-hybridized carbons (Fsp3) is 0.188. The molecular weight excluding hydrogens is 282 g/mol. The molecule has 4 nitrogen and oxygen atoms in total. The van der Waals surface area contributed by atoms with E-state index in [0.717, 1.165) is 12.0 Å². The van der Waals surface area contributed by atoms with Gasteiger partial charge in [-0.25, -0.2) is 0 Å². The lowest BCUT2D eigenvalue weighted by molar-refractivity contribution is 0.0946. The lowest BCUT2D eigenvalue weighted by atomic mass is 10.1. The molecule has 108 valence electrons. The zero-order chi connectivity index (χ0) is 15.2. The second-order valence-corrected chi connectivity index (χ2v) is 5.04. The molecule has 0 atom stereocenters. The van der Waals surface area contributed by atoms with E-state index in [1.165, 1.54) is 11.8 Å². The van der Waals surface area contributed by atoms with Gasteiger partial charge in [-0.2, -0.15) is 0 Å². The summed E-state index contributed by atoms with van der Waals surface area (Å²) >= 11 is 4.85. The average Bonchev–Trinajstić information content (AvgIpc) is 2.52. The zero-order valence-electron chi connectivity index (χ0n) is 11.8. The first-order valence-corrected chi connectivity index (χ1v) is 7.13. The van der Waals surface area contributed by atoms with Crippen molar-refractivity contribution in [3.8, 4) is 0 Å². The quantitative estimate of drug-likeness (QED) is 0.831. The van der Waals surface area contributed by atoms with Crippen molar-refractivity contribution in [2.45, 2.75) is 19.9 Å². The summed E-state index contributed by atoms with van der Waals surface area (Å²) in [7, 11) is 0. The van der Waals surface area contributed by atoms with Crippen LogP contribution in [0.25, 0.3) is 0 Å². The predicted molar refractivity (Wildman–Crippen MR) is 87.1 cm³/mol. The molecule has 0 saturated heterocycles. The Hall–Kier alpha value is -2.27. The molecule has 1 aromatic carbocycles. The summed E-state index contributed by atoms with van der Waals surface area (Å²) in [6.07, 6.45) is 2.45. The van der Waals surface area contributed by atoms with Crippen LogP contribution in [-0.4, -0.2) is 15.9 Å². The number of aromatic nitrogens is 1. The van der Waals surface area contributed by atoms with Gasteiger partial charge in [0.25, 0.3) is 5.91 Å². The molecule has 2 rings (SSSR count). The van der Waals surface area contributed by atoms with E-state index < -0.39 is 0 Å². The Labute approximate surface area is 129 Å². The second-order valence-electron chi connectivity index (χ2n) is 4.60. The molecule has 5 heteroatoms. The van der Waals surface area contributed by atoms with Crippen molar-refractivity contribution < 1.29 is 4.79 Å². The van der Waals surface area contributed by atoms with Gasteiger partial charge in [-0.1, -0.05) is 43.4 Å². The van der Waals surface area contributed by atoms with Gasteiger partial charge in [0.2, 0.25) is 0 Å². The number of nitrogens with one attached hydrogen (secondary N) is 1. The number of pyridine rings is 1. The topological polar surface area (TPSA) is 68.0 Å². The monoisotopic (exact) mass is 299 g/mol. The molecule has 0 aliphatic heterocycles. The number of aryl methyl sites for hydroxylation is 1. The SMILES string of the molecule is CCc1ccccc1CNC(=O)c1ccc(C(N)=S)cn1. The first-order chi connectivity index (χ1) is 10.1. The van der Waals surface area contributed by atoms with Crippen molar-refractivity contribution >= 4 is 23.1 Å². The van der Waals surface area contributed by atoms with Crippen molar-refractivity contribution in [1.82, 2.24) is 10.3 Å². The fourth-order valence-corrected chi connectivity index (χ4v) is 2.14. The summed E-state index contributed by atoms with van der Waals surface area (Å²) < 4.78 is 0. The molecule has 0 aliphatic carbocycles. The van der Waals surface area contributed by atoms with E-state index in [9.17, 15) is 4.79 Å². The standard InChI is InChI=1S/C16H17N3OS/c1-2-11-5-3-4-6-12(11)9-19-16(20)14-8-7-13(10-18-14)15(17)21/h3-8,10H,2,9H2,1H3,(H2,17,21)(H,19,20). The molecule has 0 fully saturated rings. The third kappa shape index (κ3) is 3.86. The molecule has 3 N–H and O–H groups in total. The van der Waals surface area contributed by atoms with Crippen LogP contribution in [-0.2, 0) is 13.0 Å². The van der Waals surface area contributed by atoms with E-state index in [2.05, 4.69) is 23.3 Å². The maximum atomic E-state index is 12.1. The molecule has 0 radical (unpaired) electrons. The number of carbonyl (C=O) groups is 1. The van der Waals surface area contributed by atoms with Gasteiger partial charge in [0.1, 0.15) is 10.7 Å². The summed E-state index contributed by atoms with van der Waals surface area (Å²) in [5.41, 5.74) is 8.85. The smallest absolute Gasteiger partial charge is 0.270 e. The van der Waals surface area contributed by atoms with Crippen LogP contribution in [0.3, 0.4) is 0 Å². The lowest BCUT2D eigenvalue weighted by Crippen LogP contribution is -2.24. The van der Waals surface area contributed by atoms with Crippen LogP contribution in [0, 0.1) is 0 Å². The number of nitrogens with two attached hydrogens (primary N) is 1. The van der Waals surface area contributed by atoms with Crippen molar-refractivity contribution in [2.75, 3.05) is 0 Å². The summed E-state index contributed by atoms with van der Waals surface area (Å²) in [5.74, 6) is -0.213. The van der Waals surface area contributed by atoms with Gasteiger partial charge in [0.05, 0.1) is 0 Å². The Morgan fingerprint density at radius 3 is 2.52 bits per heavy atom. The minimum Gasteiger partial charge on any atom is -0.389 e. The van der Waals surface area contributed by atoms with Gasteiger partial charge in [0, 0.05) is 18.3 Å². The highest BCUT2D eigenvalue weighted by molar-refractivity contribution is 7.80. The van der Waals surface area contributed by atoms with E-state index in [4.69, 9.17) is 18.0 Å². The summed E-state index contributed by atoms with van der Waals surface area (Å²) in [6.45, 7) is 2.58. The molecule has 1 aromatic heterocycles. The highest BCUT2D eigenvalue weighted by Crippen LogP contribution is 2.09. The first kappa shape index (κ1) is 15.1. The molecule has 0 aliphatic rings. The number of hydrogen-bond acceptors (Lipinski definition) is 3. The number of amides is 1. The van der Waals surface area contributed by atoms with Crippen LogP contribution in [0.15, 0.2) is 42.6 Å². The van der Waals surface area contributed by atoms with Crippen LogP contribution >= 0.6 is 12.2 Å². The molecule has 0 spiro atoms. The Morgan fingerprint density at radius 1 is 1.24 bits per heavy atom. The van der Waals surface area contributed by atoms with E-state index >= 15 is 0 Å². The highest BCUT2D eigenvalue weighted by Gasteiger charge is 2.08. The van der Waals surface area contributed by atoms with Gasteiger partial charge >= 0.3 is 0 Å². The predicted octanol–water partition coefficient (Wildman–Crippen LogP) is 2.21. The van der Waals surface area contributed by atoms with Crippen LogP contribution in [0.2, 0.25) is 0 Å². The number of rotatable bonds is 5. The van der Waals surface area contributed by atoms with Gasteiger partial charge in [-0.3, -0.25) is 9.78 Å². The molecular formula is C16H17N3OS. The number of carbonyl (C=O) groups excluding carboxylic acids is 1. The minimum atomic E-state index is -0.213. The van der Waals surface area contributed by atoms with E-state index in [1.54, 1.807) is 12.1 Å². The summed E-state index contributed by atoms with van der Waals surface area (Å²) in [4.78, 5) is 16.4. The first-order valence-electron chi connectivity index (χ1n) is 6.72. The molecule has 1 heterocycles. The molecule has 2 aromatic rings. The molecule has 1 amide bonds. The Kier molecular flexibility index (Phi) is 5.00.